The van der Waals surface area contributed by atoms with Gasteiger partial charge in [0.25, 0.3) is 0 Å². The summed E-state index contributed by atoms with van der Waals surface area (Å²) in [4.78, 5) is 14.3. The van der Waals surface area contributed by atoms with Gasteiger partial charge in [-0.3, -0.25) is 4.79 Å². The van der Waals surface area contributed by atoms with E-state index < -0.39 is 0 Å². The second-order valence-electron chi connectivity index (χ2n) is 6.03. The molecule has 6 heteroatoms. The minimum Gasteiger partial charge on any atom is -0.356 e. The SMILES string of the molecule is CC(C(=O)NCCC1CCN(C)CC1)C1CNC1.Cl.Cl. The molecule has 2 rings (SSSR count). The van der Waals surface area contributed by atoms with Gasteiger partial charge in [-0.15, -0.1) is 24.8 Å². The number of rotatable bonds is 5. The minimum atomic E-state index is 0. The topological polar surface area (TPSA) is 44.4 Å². The predicted molar refractivity (Wildman–Crippen MR) is 87.9 cm³/mol. The van der Waals surface area contributed by atoms with Gasteiger partial charge >= 0.3 is 0 Å². The molecule has 1 atom stereocenters. The molecule has 20 heavy (non-hydrogen) atoms. The number of likely N-dealkylation sites (tertiary alicyclic amines) is 1. The van der Waals surface area contributed by atoms with Crippen LogP contribution in [0.4, 0.5) is 0 Å². The van der Waals surface area contributed by atoms with Gasteiger partial charge in [-0.1, -0.05) is 6.92 Å². The lowest BCUT2D eigenvalue weighted by molar-refractivity contribution is -0.126. The summed E-state index contributed by atoms with van der Waals surface area (Å²) in [5.41, 5.74) is 0. The number of nitrogens with zero attached hydrogens (tertiary/aromatic N) is 1. The lowest BCUT2D eigenvalue weighted by atomic mass is 9.88. The molecule has 2 aliphatic heterocycles. The molecule has 0 radical (unpaired) electrons. The number of halogens is 2. The normalized spacial score (nSPS) is 22.1. The number of carbonyl (C=O) groups excluding carboxylic acids is 1. The fraction of sp³-hybridized carbons (Fsp3) is 0.929. The molecule has 1 unspecified atom stereocenters. The number of carbonyl (C=O) groups is 1. The van der Waals surface area contributed by atoms with Crippen molar-refractivity contribution in [3.8, 4) is 0 Å². The van der Waals surface area contributed by atoms with Crippen molar-refractivity contribution in [3.63, 3.8) is 0 Å². The molecule has 0 aromatic carbocycles. The molecule has 0 aliphatic carbocycles. The first-order valence-electron chi connectivity index (χ1n) is 7.34. The quantitative estimate of drug-likeness (QED) is 0.805. The maximum atomic E-state index is 11.9. The monoisotopic (exact) mass is 325 g/mol. The van der Waals surface area contributed by atoms with Crippen LogP contribution in [-0.2, 0) is 4.79 Å². The summed E-state index contributed by atoms with van der Waals surface area (Å²) in [7, 11) is 2.19. The van der Waals surface area contributed by atoms with Crippen LogP contribution in [0.3, 0.4) is 0 Å². The van der Waals surface area contributed by atoms with Gasteiger partial charge in [-0.2, -0.15) is 0 Å². The summed E-state index contributed by atoms with van der Waals surface area (Å²) < 4.78 is 0. The van der Waals surface area contributed by atoms with Crippen molar-refractivity contribution in [2.75, 3.05) is 39.8 Å². The highest BCUT2D eigenvalue weighted by Gasteiger charge is 2.28. The number of hydrogen-bond donors (Lipinski definition) is 2. The molecule has 0 saturated carbocycles. The minimum absolute atomic E-state index is 0. The van der Waals surface area contributed by atoms with E-state index in [1.165, 1.54) is 25.9 Å². The molecule has 0 aromatic heterocycles. The number of amides is 1. The highest BCUT2D eigenvalue weighted by atomic mass is 35.5. The summed E-state index contributed by atoms with van der Waals surface area (Å²) in [6.07, 6.45) is 3.72. The molecule has 2 fully saturated rings. The molecule has 2 saturated heterocycles. The average Bonchev–Trinajstić information content (AvgIpc) is 2.29. The molecule has 0 aromatic rings. The highest BCUT2D eigenvalue weighted by molar-refractivity contribution is 5.85. The third kappa shape index (κ3) is 5.76. The standard InChI is InChI=1S/C14H27N3O.2ClH/c1-11(13-9-15-10-13)14(18)16-6-3-12-4-7-17(2)8-5-12;;/h11-13,15H,3-10H2,1-2H3,(H,16,18);2*1H. The van der Waals surface area contributed by atoms with E-state index in [1.54, 1.807) is 0 Å². The summed E-state index contributed by atoms with van der Waals surface area (Å²) in [5.74, 6) is 1.77. The molecule has 2 heterocycles. The van der Waals surface area contributed by atoms with Crippen LogP contribution in [0.2, 0.25) is 0 Å². The van der Waals surface area contributed by atoms with Crippen molar-refractivity contribution in [2.45, 2.75) is 26.2 Å². The Morgan fingerprint density at radius 3 is 2.40 bits per heavy atom. The molecule has 0 bridgehead atoms. The molecule has 4 nitrogen and oxygen atoms in total. The molecule has 1 amide bonds. The zero-order chi connectivity index (χ0) is 13.0. The Bertz CT molecular complexity index is 280. The Balaban J connectivity index is 0.00000180. The molecule has 2 N–H and O–H groups in total. The second-order valence-corrected chi connectivity index (χ2v) is 6.03. The van der Waals surface area contributed by atoms with Crippen LogP contribution in [0.15, 0.2) is 0 Å². The van der Waals surface area contributed by atoms with Crippen LogP contribution in [-0.4, -0.2) is 50.6 Å². The van der Waals surface area contributed by atoms with E-state index in [1.807, 2.05) is 0 Å². The Hall–Kier alpha value is -0.0300. The number of piperidine rings is 1. The Kier molecular flexibility index (Phi) is 9.81. The Labute approximate surface area is 135 Å². The van der Waals surface area contributed by atoms with E-state index >= 15 is 0 Å². The van der Waals surface area contributed by atoms with Crippen LogP contribution in [0.1, 0.15) is 26.2 Å². The van der Waals surface area contributed by atoms with Crippen LogP contribution in [0.25, 0.3) is 0 Å². The summed E-state index contributed by atoms with van der Waals surface area (Å²) >= 11 is 0. The number of hydrogen-bond acceptors (Lipinski definition) is 3. The summed E-state index contributed by atoms with van der Waals surface area (Å²) in [5, 5.41) is 6.33. The van der Waals surface area contributed by atoms with E-state index in [0.29, 0.717) is 5.92 Å². The second kappa shape index (κ2) is 9.82. The fourth-order valence-electron chi connectivity index (χ4n) is 2.79. The van der Waals surface area contributed by atoms with Crippen molar-refractivity contribution >= 4 is 30.7 Å². The largest absolute Gasteiger partial charge is 0.356 e. The maximum Gasteiger partial charge on any atom is 0.223 e. The summed E-state index contributed by atoms with van der Waals surface area (Å²) in [6.45, 7) is 7.34. The van der Waals surface area contributed by atoms with Crippen molar-refractivity contribution < 1.29 is 4.79 Å². The van der Waals surface area contributed by atoms with Gasteiger partial charge < -0.3 is 15.5 Å². The van der Waals surface area contributed by atoms with Gasteiger partial charge in [0.05, 0.1) is 0 Å². The van der Waals surface area contributed by atoms with Crippen molar-refractivity contribution in [2.24, 2.45) is 17.8 Å². The average molecular weight is 326 g/mol. The molecule has 0 spiro atoms. The van der Waals surface area contributed by atoms with Crippen molar-refractivity contribution in [1.29, 1.82) is 0 Å². The predicted octanol–water partition coefficient (Wildman–Crippen LogP) is 1.53. The smallest absolute Gasteiger partial charge is 0.223 e. The maximum absolute atomic E-state index is 11.9. The third-order valence-electron chi connectivity index (χ3n) is 4.62. The Morgan fingerprint density at radius 2 is 1.90 bits per heavy atom. The van der Waals surface area contributed by atoms with Gasteiger partial charge in [0.15, 0.2) is 0 Å². The van der Waals surface area contributed by atoms with E-state index in [2.05, 4.69) is 29.5 Å². The first-order chi connectivity index (χ1) is 8.66. The summed E-state index contributed by atoms with van der Waals surface area (Å²) in [6, 6.07) is 0. The molecule has 2 aliphatic rings. The van der Waals surface area contributed by atoms with E-state index in [0.717, 1.165) is 32.0 Å². The van der Waals surface area contributed by atoms with E-state index in [-0.39, 0.29) is 36.6 Å². The highest BCUT2D eigenvalue weighted by Crippen LogP contribution is 2.19. The van der Waals surface area contributed by atoms with Crippen LogP contribution >= 0.6 is 24.8 Å². The van der Waals surface area contributed by atoms with Crippen LogP contribution in [0, 0.1) is 17.8 Å². The van der Waals surface area contributed by atoms with E-state index in [9.17, 15) is 4.79 Å². The Morgan fingerprint density at radius 1 is 1.30 bits per heavy atom. The zero-order valence-corrected chi connectivity index (χ0v) is 14.2. The van der Waals surface area contributed by atoms with E-state index in [4.69, 9.17) is 0 Å². The van der Waals surface area contributed by atoms with Gasteiger partial charge in [-0.05, 0) is 64.3 Å². The fourth-order valence-corrected chi connectivity index (χ4v) is 2.79. The number of nitrogens with one attached hydrogen (secondary N) is 2. The van der Waals surface area contributed by atoms with Gasteiger partial charge in [0, 0.05) is 12.5 Å². The molecular formula is C14H29Cl2N3O. The van der Waals surface area contributed by atoms with Gasteiger partial charge in [0.2, 0.25) is 5.91 Å². The molecular weight excluding hydrogens is 297 g/mol. The van der Waals surface area contributed by atoms with Crippen molar-refractivity contribution in [1.82, 2.24) is 15.5 Å². The lowest BCUT2D eigenvalue weighted by Gasteiger charge is -2.32. The lowest BCUT2D eigenvalue weighted by Crippen LogP contribution is -2.49. The van der Waals surface area contributed by atoms with Crippen LogP contribution in [0.5, 0.6) is 0 Å². The molecule has 120 valence electrons. The first kappa shape index (κ1) is 20.0. The first-order valence-corrected chi connectivity index (χ1v) is 7.34. The zero-order valence-electron chi connectivity index (χ0n) is 12.6. The van der Waals surface area contributed by atoms with Gasteiger partial charge in [-0.25, -0.2) is 0 Å². The van der Waals surface area contributed by atoms with Crippen molar-refractivity contribution in [3.05, 3.63) is 0 Å². The van der Waals surface area contributed by atoms with Crippen LogP contribution < -0.4 is 10.6 Å². The van der Waals surface area contributed by atoms with Gasteiger partial charge in [0.1, 0.15) is 0 Å². The third-order valence-corrected chi connectivity index (χ3v) is 4.62.